The molecule has 0 aromatic heterocycles. The van der Waals surface area contributed by atoms with Gasteiger partial charge in [-0.3, -0.25) is 4.79 Å². The summed E-state index contributed by atoms with van der Waals surface area (Å²) in [6.45, 7) is 8.08. The molecule has 0 aliphatic heterocycles. The number of aliphatic hydroxyl groups is 1. The quantitative estimate of drug-likeness (QED) is 0.794. The van der Waals surface area contributed by atoms with Gasteiger partial charge in [-0.25, -0.2) is 0 Å². The van der Waals surface area contributed by atoms with E-state index in [1.165, 1.54) is 0 Å². The third kappa shape index (κ3) is 5.19. The highest BCUT2D eigenvalue weighted by Gasteiger charge is 2.25. The van der Waals surface area contributed by atoms with Crippen molar-refractivity contribution in [3.63, 3.8) is 0 Å². The van der Waals surface area contributed by atoms with Crippen LogP contribution in [0.5, 0.6) is 5.75 Å². The van der Waals surface area contributed by atoms with Gasteiger partial charge in [0.25, 0.3) is 0 Å². The Hall–Kier alpha value is -1.81. The summed E-state index contributed by atoms with van der Waals surface area (Å²) in [6, 6.07) is 7.52. The average Bonchev–Trinajstić information content (AvgIpc) is 2.45. The molecular weight excluding hydrogens is 278 g/mol. The van der Waals surface area contributed by atoms with Crippen molar-refractivity contribution in [2.24, 2.45) is 5.41 Å². The van der Waals surface area contributed by atoms with Crippen molar-refractivity contribution in [2.45, 2.75) is 40.2 Å². The molecule has 0 spiro atoms. The van der Waals surface area contributed by atoms with Gasteiger partial charge in [0.1, 0.15) is 5.75 Å². The molecule has 2 N–H and O–H groups in total. The number of ether oxygens (including phenoxy) is 1. The lowest BCUT2D eigenvalue weighted by molar-refractivity contribution is -0.118. The lowest BCUT2D eigenvalue weighted by atomic mass is 9.85. The van der Waals surface area contributed by atoms with Crippen LogP contribution in [-0.4, -0.2) is 30.8 Å². The molecule has 0 bridgehead atoms. The molecule has 0 heterocycles. The van der Waals surface area contributed by atoms with Gasteiger partial charge in [0.15, 0.2) is 0 Å². The molecule has 0 saturated heterocycles. The molecule has 0 aliphatic rings. The molecule has 22 heavy (non-hydrogen) atoms. The molecule has 1 aromatic carbocycles. The first kappa shape index (κ1) is 18.2. The minimum absolute atomic E-state index is 0.0530. The van der Waals surface area contributed by atoms with Gasteiger partial charge in [0.2, 0.25) is 5.91 Å². The molecule has 0 aliphatic carbocycles. The topological polar surface area (TPSA) is 58.6 Å². The van der Waals surface area contributed by atoms with E-state index in [2.05, 4.69) is 5.32 Å². The Morgan fingerprint density at radius 3 is 2.55 bits per heavy atom. The minimum atomic E-state index is -0.156. The maximum atomic E-state index is 12.2. The lowest BCUT2D eigenvalue weighted by Crippen LogP contribution is -2.43. The highest BCUT2D eigenvalue weighted by atomic mass is 16.5. The second-order valence-electron chi connectivity index (χ2n) is 6.47. The molecule has 4 nitrogen and oxygen atoms in total. The zero-order chi connectivity index (χ0) is 16.8. The molecule has 1 unspecified atom stereocenters. The zero-order valence-electron chi connectivity index (χ0n) is 14.1. The standard InChI is InChI=1S/C18H27NO3/c1-13(14-8-6-7-9-15(14)22-5)12-17(21)19-16(10-11-20)18(2,3)4/h6-9,12,16,20H,10-11H2,1-5H3,(H,19,21)/b13-12+. The molecular formula is C18H27NO3. The van der Waals surface area contributed by atoms with Crippen LogP contribution in [0.4, 0.5) is 0 Å². The zero-order valence-corrected chi connectivity index (χ0v) is 14.1. The summed E-state index contributed by atoms with van der Waals surface area (Å²) in [5, 5.41) is 12.1. The average molecular weight is 305 g/mol. The van der Waals surface area contributed by atoms with Gasteiger partial charge in [0.05, 0.1) is 7.11 Å². The van der Waals surface area contributed by atoms with Crippen LogP contribution in [0.2, 0.25) is 0 Å². The van der Waals surface area contributed by atoms with Crippen LogP contribution in [0.3, 0.4) is 0 Å². The number of amides is 1. The molecule has 1 atom stereocenters. The Labute approximate surface area is 133 Å². The van der Waals surface area contributed by atoms with Crippen molar-refractivity contribution >= 4 is 11.5 Å². The van der Waals surface area contributed by atoms with E-state index in [1.54, 1.807) is 13.2 Å². The molecule has 1 aromatic rings. The van der Waals surface area contributed by atoms with E-state index in [4.69, 9.17) is 9.84 Å². The number of hydrogen-bond donors (Lipinski definition) is 2. The SMILES string of the molecule is COc1ccccc1/C(C)=C/C(=O)NC(CCO)C(C)(C)C. The molecule has 0 fully saturated rings. The summed E-state index contributed by atoms with van der Waals surface area (Å²) in [5.74, 6) is 0.587. The fourth-order valence-corrected chi connectivity index (χ4v) is 2.31. The number of carbonyl (C=O) groups excluding carboxylic acids is 1. The van der Waals surface area contributed by atoms with Crippen molar-refractivity contribution in [1.29, 1.82) is 0 Å². The van der Waals surface area contributed by atoms with Crippen molar-refractivity contribution in [2.75, 3.05) is 13.7 Å². The van der Waals surface area contributed by atoms with Crippen LogP contribution in [0.15, 0.2) is 30.3 Å². The largest absolute Gasteiger partial charge is 0.496 e. The van der Waals surface area contributed by atoms with Gasteiger partial charge in [-0.2, -0.15) is 0 Å². The summed E-state index contributed by atoms with van der Waals surface area (Å²) in [4.78, 5) is 12.2. The highest BCUT2D eigenvalue weighted by Crippen LogP contribution is 2.25. The predicted octanol–water partition coefficient (Wildman–Crippen LogP) is 3.01. The Kier molecular flexibility index (Phi) is 6.62. The Bertz CT molecular complexity index is 529. The van der Waals surface area contributed by atoms with E-state index in [1.807, 2.05) is 52.0 Å². The number of rotatable bonds is 6. The summed E-state index contributed by atoms with van der Waals surface area (Å²) >= 11 is 0. The number of hydrogen-bond acceptors (Lipinski definition) is 3. The Morgan fingerprint density at radius 2 is 2.00 bits per heavy atom. The summed E-state index contributed by atoms with van der Waals surface area (Å²) in [5.41, 5.74) is 1.63. The van der Waals surface area contributed by atoms with Crippen LogP contribution in [0.1, 0.15) is 39.7 Å². The molecule has 0 radical (unpaired) electrons. The number of aliphatic hydroxyl groups excluding tert-OH is 1. The monoisotopic (exact) mass is 305 g/mol. The first-order valence-electron chi connectivity index (χ1n) is 7.52. The normalized spacial score (nSPS) is 13.6. The van der Waals surface area contributed by atoms with Crippen LogP contribution < -0.4 is 10.1 Å². The third-order valence-corrected chi connectivity index (χ3v) is 3.66. The number of benzene rings is 1. The minimum Gasteiger partial charge on any atom is -0.496 e. The predicted molar refractivity (Wildman–Crippen MR) is 89.7 cm³/mol. The van der Waals surface area contributed by atoms with E-state index in [-0.39, 0.29) is 24.0 Å². The number of nitrogens with one attached hydrogen (secondary N) is 1. The van der Waals surface area contributed by atoms with E-state index in [9.17, 15) is 4.79 Å². The summed E-state index contributed by atoms with van der Waals surface area (Å²) in [7, 11) is 1.61. The maximum Gasteiger partial charge on any atom is 0.244 e. The molecule has 4 heteroatoms. The smallest absolute Gasteiger partial charge is 0.244 e. The van der Waals surface area contributed by atoms with Crippen molar-refractivity contribution in [1.82, 2.24) is 5.32 Å². The van der Waals surface area contributed by atoms with Crippen LogP contribution in [0.25, 0.3) is 5.57 Å². The second-order valence-corrected chi connectivity index (χ2v) is 6.47. The molecule has 0 saturated carbocycles. The fourth-order valence-electron chi connectivity index (χ4n) is 2.31. The van der Waals surface area contributed by atoms with Gasteiger partial charge in [-0.05, 0) is 30.4 Å². The maximum absolute atomic E-state index is 12.2. The van der Waals surface area contributed by atoms with Gasteiger partial charge < -0.3 is 15.2 Å². The van der Waals surface area contributed by atoms with Crippen molar-refractivity contribution < 1.29 is 14.6 Å². The second kappa shape index (κ2) is 7.99. The Morgan fingerprint density at radius 1 is 1.36 bits per heavy atom. The molecule has 1 rings (SSSR count). The number of para-hydroxylation sites is 1. The summed E-state index contributed by atoms with van der Waals surface area (Å²) in [6.07, 6.45) is 2.12. The molecule has 122 valence electrons. The van der Waals surface area contributed by atoms with Crippen molar-refractivity contribution in [3.05, 3.63) is 35.9 Å². The van der Waals surface area contributed by atoms with Crippen LogP contribution in [0, 0.1) is 5.41 Å². The van der Waals surface area contributed by atoms with Crippen molar-refractivity contribution in [3.8, 4) is 5.75 Å². The van der Waals surface area contributed by atoms with E-state index < -0.39 is 0 Å². The number of methoxy groups -OCH3 is 1. The lowest BCUT2D eigenvalue weighted by Gasteiger charge is -2.30. The summed E-state index contributed by atoms with van der Waals surface area (Å²) < 4.78 is 5.32. The van der Waals surface area contributed by atoms with E-state index >= 15 is 0 Å². The van der Waals surface area contributed by atoms with Gasteiger partial charge in [0, 0.05) is 24.3 Å². The highest BCUT2D eigenvalue weighted by molar-refractivity contribution is 5.95. The van der Waals surface area contributed by atoms with Crippen LogP contribution >= 0.6 is 0 Å². The van der Waals surface area contributed by atoms with Crippen LogP contribution in [-0.2, 0) is 4.79 Å². The first-order chi connectivity index (χ1) is 10.3. The van der Waals surface area contributed by atoms with E-state index in [0.717, 1.165) is 16.9 Å². The fraction of sp³-hybridized carbons (Fsp3) is 0.500. The third-order valence-electron chi connectivity index (χ3n) is 3.66. The number of carbonyl (C=O) groups is 1. The first-order valence-corrected chi connectivity index (χ1v) is 7.52. The number of allylic oxidation sites excluding steroid dienone is 1. The van der Waals surface area contributed by atoms with Gasteiger partial charge in [-0.1, -0.05) is 39.0 Å². The Balaban J connectivity index is 2.89. The molecule has 1 amide bonds. The van der Waals surface area contributed by atoms with E-state index in [0.29, 0.717) is 6.42 Å². The van der Waals surface area contributed by atoms with Gasteiger partial charge >= 0.3 is 0 Å². The van der Waals surface area contributed by atoms with Gasteiger partial charge in [-0.15, -0.1) is 0 Å².